The number of nitrogens with zero attached hydrogens (tertiary/aromatic N) is 3. The molecule has 0 radical (unpaired) electrons. The van der Waals surface area contributed by atoms with Crippen LogP contribution in [0.1, 0.15) is 11.4 Å². The van der Waals surface area contributed by atoms with Gasteiger partial charge in [0.15, 0.2) is 10.1 Å². The highest BCUT2D eigenvalue weighted by Gasteiger charge is 2.13. The van der Waals surface area contributed by atoms with Crippen LogP contribution in [0.3, 0.4) is 0 Å². The van der Waals surface area contributed by atoms with Crippen LogP contribution in [0.15, 0.2) is 29.8 Å². The Labute approximate surface area is 113 Å². The van der Waals surface area contributed by atoms with Crippen molar-refractivity contribution in [2.75, 3.05) is 5.32 Å². The van der Waals surface area contributed by atoms with Gasteiger partial charge in [-0.1, -0.05) is 17.7 Å². The van der Waals surface area contributed by atoms with E-state index >= 15 is 0 Å². The predicted molar refractivity (Wildman–Crippen MR) is 74.4 cm³/mol. The minimum atomic E-state index is 0.549. The van der Waals surface area contributed by atoms with E-state index in [0.717, 1.165) is 22.2 Å². The lowest BCUT2D eigenvalue weighted by Crippen LogP contribution is -2.04. The lowest BCUT2D eigenvalue weighted by molar-refractivity contribution is 0.974. The number of fused-ring (bicyclic) bond motifs is 1. The largest absolute Gasteiger partial charge is 0.364 e. The smallest absolute Gasteiger partial charge is 0.195 e. The molecule has 18 heavy (non-hydrogen) atoms. The maximum absolute atomic E-state index is 6.16. The van der Waals surface area contributed by atoms with Crippen molar-refractivity contribution in [2.24, 2.45) is 0 Å². The highest BCUT2D eigenvalue weighted by atomic mass is 35.5. The number of aryl methyl sites for hydroxylation is 1. The standard InChI is InChI=1S/C12H11ClN4S/c1-8-7-18-12-16-11(13)9(17(8)12)6-15-10-4-2-3-5-14-10/h2-5,7H,6H2,1H3,(H,14,15). The number of imidazole rings is 1. The van der Waals surface area contributed by atoms with Gasteiger partial charge >= 0.3 is 0 Å². The van der Waals surface area contributed by atoms with Crippen molar-refractivity contribution >= 4 is 33.7 Å². The third-order valence-corrected chi connectivity index (χ3v) is 3.93. The van der Waals surface area contributed by atoms with E-state index in [0.29, 0.717) is 11.7 Å². The molecule has 0 aliphatic heterocycles. The first-order chi connectivity index (χ1) is 8.75. The number of halogens is 1. The van der Waals surface area contributed by atoms with Gasteiger partial charge in [0.1, 0.15) is 5.82 Å². The number of thiazole rings is 1. The average molecular weight is 279 g/mol. The second-order valence-electron chi connectivity index (χ2n) is 3.91. The van der Waals surface area contributed by atoms with Crippen molar-refractivity contribution < 1.29 is 0 Å². The first kappa shape index (κ1) is 11.5. The van der Waals surface area contributed by atoms with E-state index in [1.54, 1.807) is 17.5 Å². The van der Waals surface area contributed by atoms with Gasteiger partial charge in [-0.3, -0.25) is 4.40 Å². The van der Waals surface area contributed by atoms with Crippen molar-refractivity contribution in [3.05, 3.63) is 46.3 Å². The number of hydrogen-bond acceptors (Lipinski definition) is 4. The Kier molecular flexibility index (Phi) is 2.93. The number of aromatic nitrogens is 3. The third kappa shape index (κ3) is 1.95. The number of pyridine rings is 1. The van der Waals surface area contributed by atoms with E-state index in [4.69, 9.17) is 11.6 Å². The Balaban J connectivity index is 1.90. The van der Waals surface area contributed by atoms with Gasteiger partial charge < -0.3 is 5.32 Å². The summed E-state index contributed by atoms with van der Waals surface area (Å²) in [5.74, 6) is 0.830. The van der Waals surface area contributed by atoms with Crippen molar-refractivity contribution in [1.29, 1.82) is 0 Å². The molecule has 0 amide bonds. The molecule has 0 aliphatic carbocycles. The highest BCUT2D eigenvalue weighted by Crippen LogP contribution is 2.24. The molecule has 0 aromatic carbocycles. The summed E-state index contributed by atoms with van der Waals surface area (Å²) in [7, 11) is 0. The van der Waals surface area contributed by atoms with Gasteiger partial charge in [0.2, 0.25) is 0 Å². The third-order valence-electron chi connectivity index (χ3n) is 2.68. The maximum atomic E-state index is 6.16. The van der Waals surface area contributed by atoms with Crippen LogP contribution in [0.4, 0.5) is 5.82 Å². The molecule has 92 valence electrons. The minimum Gasteiger partial charge on any atom is -0.364 e. The van der Waals surface area contributed by atoms with Gasteiger partial charge in [-0.05, 0) is 19.1 Å². The summed E-state index contributed by atoms with van der Waals surface area (Å²) in [4.78, 5) is 9.48. The van der Waals surface area contributed by atoms with Gasteiger partial charge in [0.25, 0.3) is 0 Å². The molecule has 1 N–H and O–H groups in total. The van der Waals surface area contributed by atoms with Crippen molar-refractivity contribution in [1.82, 2.24) is 14.4 Å². The quantitative estimate of drug-likeness (QED) is 0.799. The van der Waals surface area contributed by atoms with Crippen LogP contribution in [-0.2, 0) is 6.54 Å². The van der Waals surface area contributed by atoms with E-state index in [2.05, 4.69) is 25.1 Å². The topological polar surface area (TPSA) is 42.2 Å². The van der Waals surface area contributed by atoms with Crippen molar-refractivity contribution in [3.63, 3.8) is 0 Å². The first-order valence-corrected chi connectivity index (χ1v) is 6.77. The van der Waals surface area contributed by atoms with Crippen LogP contribution in [0.2, 0.25) is 5.15 Å². The van der Waals surface area contributed by atoms with Crippen LogP contribution in [-0.4, -0.2) is 14.4 Å². The summed E-state index contributed by atoms with van der Waals surface area (Å²) in [6, 6.07) is 5.75. The second-order valence-corrected chi connectivity index (χ2v) is 5.11. The SMILES string of the molecule is Cc1csc2nc(Cl)c(CNc3ccccn3)n12. The fraction of sp³-hybridized carbons (Fsp3) is 0.167. The van der Waals surface area contributed by atoms with Crippen molar-refractivity contribution in [3.8, 4) is 0 Å². The molecule has 0 fully saturated rings. The van der Waals surface area contributed by atoms with Crippen molar-refractivity contribution in [2.45, 2.75) is 13.5 Å². The molecule has 3 rings (SSSR count). The zero-order valence-electron chi connectivity index (χ0n) is 9.72. The van der Waals surface area contributed by atoms with E-state index < -0.39 is 0 Å². The van der Waals surface area contributed by atoms with E-state index in [1.165, 1.54) is 0 Å². The summed E-state index contributed by atoms with van der Waals surface area (Å²) in [5, 5.41) is 5.87. The van der Waals surface area contributed by atoms with Gasteiger partial charge in [-0.15, -0.1) is 11.3 Å². The normalized spacial score (nSPS) is 11.0. The van der Waals surface area contributed by atoms with E-state index in [9.17, 15) is 0 Å². The number of anilines is 1. The molecule has 0 saturated heterocycles. The molecule has 6 heteroatoms. The summed E-state index contributed by atoms with van der Waals surface area (Å²) >= 11 is 7.76. The molecular formula is C12H11ClN4S. The monoisotopic (exact) mass is 278 g/mol. The van der Waals surface area contributed by atoms with Crippen LogP contribution >= 0.6 is 22.9 Å². The Morgan fingerprint density at radius 1 is 1.44 bits per heavy atom. The molecule has 0 spiro atoms. The number of hydrogen-bond donors (Lipinski definition) is 1. The molecule has 3 heterocycles. The summed E-state index contributed by atoms with van der Waals surface area (Å²) < 4.78 is 2.07. The molecule has 0 bridgehead atoms. The van der Waals surface area contributed by atoms with Crippen LogP contribution < -0.4 is 5.32 Å². The summed E-state index contributed by atoms with van der Waals surface area (Å²) in [6.45, 7) is 2.65. The summed E-state index contributed by atoms with van der Waals surface area (Å²) in [5.41, 5.74) is 2.11. The zero-order chi connectivity index (χ0) is 12.5. The molecule has 4 nitrogen and oxygen atoms in total. The van der Waals surface area contributed by atoms with Gasteiger partial charge in [-0.25, -0.2) is 9.97 Å². The molecule has 0 unspecified atom stereocenters. The van der Waals surface area contributed by atoms with Crippen LogP contribution in [0.5, 0.6) is 0 Å². The average Bonchev–Trinajstić information content (AvgIpc) is 2.88. The summed E-state index contributed by atoms with van der Waals surface area (Å²) in [6.07, 6.45) is 1.76. The fourth-order valence-corrected chi connectivity index (χ4v) is 3.00. The number of rotatable bonds is 3. The van der Waals surface area contributed by atoms with E-state index in [-0.39, 0.29) is 0 Å². The second kappa shape index (κ2) is 4.59. The maximum Gasteiger partial charge on any atom is 0.195 e. The minimum absolute atomic E-state index is 0.549. The predicted octanol–water partition coefficient (Wildman–Crippen LogP) is 3.36. The Bertz CT molecular complexity index is 674. The molecule has 0 saturated carbocycles. The molecule has 3 aromatic heterocycles. The van der Waals surface area contributed by atoms with Gasteiger partial charge in [-0.2, -0.15) is 0 Å². The van der Waals surface area contributed by atoms with Gasteiger partial charge in [0, 0.05) is 17.3 Å². The fourth-order valence-electron chi connectivity index (χ4n) is 1.83. The van der Waals surface area contributed by atoms with E-state index in [1.807, 2.05) is 25.1 Å². The highest BCUT2D eigenvalue weighted by molar-refractivity contribution is 7.15. The Morgan fingerprint density at radius 3 is 3.11 bits per heavy atom. The lowest BCUT2D eigenvalue weighted by atomic mass is 10.4. The Morgan fingerprint density at radius 2 is 2.33 bits per heavy atom. The van der Waals surface area contributed by atoms with Crippen LogP contribution in [0.25, 0.3) is 4.96 Å². The molecule has 0 atom stereocenters. The van der Waals surface area contributed by atoms with Gasteiger partial charge in [0.05, 0.1) is 12.2 Å². The Hall–Kier alpha value is -1.59. The zero-order valence-corrected chi connectivity index (χ0v) is 11.3. The first-order valence-electron chi connectivity index (χ1n) is 5.51. The lowest BCUT2D eigenvalue weighted by Gasteiger charge is -2.05. The van der Waals surface area contributed by atoms with Crippen LogP contribution in [0, 0.1) is 6.92 Å². The molecule has 3 aromatic rings. The molecular weight excluding hydrogens is 268 g/mol. The number of nitrogens with one attached hydrogen (secondary N) is 1. The molecule has 0 aliphatic rings.